The number of nitrogens with zero attached hydrogens (tertiary/aromatic N) is 2. The SMILES string of the molecule is CC(C)(C)C(=O)N1CC/C(=N/OS(=O)(=O)O)c2cccc(Cl)c21. The highest BCUT2D eigenvalue weighted by Gasteiger charge is 2.34. The van der Waals surface area contributed by atoms with Crippen LogP contribution in [0.2, 0.25) is 5.02 Å². The number of anilines is 1. The van der Waals surface area contributed by atoms with Gasteiger partial charge in [-0.05, 0) is 6.07 Å². The Hall–Kier alpha value is -1.64. The van der Waals surface area contributed by atoms with Crippen LogP contribution in [-0.2, 0) is 19.5 Å². The van der Waals surface area contributed by atoms with E-state index in [0.29, 0.717) is 16.3 Å². The van der Waals surface area contributed by atoms with Crippen molar-refractivity contribution in [3.8, 4) is 0 Å². The molecule has 126 valence electrons. The normalized spacial score (nSPS) is 17.1. The second-order valence-corrected chi connectivity index (χ2v) is 7.54. The average Bonchev–Trinajstić information content (AvgIpc) is 2.42. The largest absolute Gasteiger partial charge is 0.466 e. The maximum atomic E-state index is 12.6. The van der Waals surface area contributed by atoms with E-state index >= 15 is 0 Å². The zero-order chi connectivity index (χ0) is 17.4. The molecule has 0 saturated carbocycles. The Balaban J connectivity index is 2.51. The summed E-state index contributed by atoms with van der Waals surface area (Å²) in [6, 6.07) is 4.96. The Morgan fingerprint density at radius 1 is 1.39 bits per heavy atom. The molecule has 1 amide bonds. The van der Waals surface area contributed by atoms with Gasteiger partial charge in [0.2, 0.25) is 5.91 Å². The Morgan fingerprint density at radius 3 is 2.61 bits per heavy atom. The Bertz CT molecular complexity index is 768. The van der Waals surface area contributed by atoms with Gasteiger partial charge in [0, 0.05) is 23.9 Å². The number of benzene rings is 1. The molecular formula is C14H17ClN2O5S. The van der Waals surface area contributed by atoms with Gasteiger partial charge in [-0.15, -0.1) is 0 Å². The smallest absolute Gasteiger partial charge is 0.309 e. The van der Waals surface area contributed by atoms with E-state index in [9.17, 15) is 13.2 Å². The molecule has 0 unspecified atom stereocenters. The number of carbonyl (C=O) groups is 1. The van der Waals surface area contributed by atoms with E-state index in [4.69, 9.17) is 16.2 Å². The third kappa shape index (κ3) is 4.01. The van der Waals surface area contributed by atoms with Crippen molar-refractivity contribution in [2.24, 2.45) is 10.6 Å². The van der Waals surface area contributed by atoms with E-state index in [1.54, 1.807) is 43.9 Å². The summed E-state index contributed by atoms with van der Waals surface area (Å²) in [6.45, 7) is 5.69. The van der Waals surface area contributed by atoms with Gasteiger partial charge in [-0.2, -0.15) is 8.42 Å². The van der Waals surface area contributed by atoms with Crippen molar-refractivity contribution in [2.75, 3.05) is 11.4 Å². The summed E-state index contributed by atoms with van der Waals surface area (Å²) in [4.78, 5) is 14.2. The Morgan fingerprint density at radius 2 is 2.04 bits per heavy atom. The van der Waals surface area contributed by atoms with Crippen LogP contribution in [0.1, 0.15) is 32.8 Å². The number of rotatable bonds is 2. The van der Waals surface area contributed by atoms with Gasteiger partial charge in [-0.25, -0.2) is 4.28 Å². The molecule has 0 fully saturated rings. The molecule has 1 heterocycles. The summed E-state index contributed by atoms with van der Waals surface area (Å²) in [6.07, 6.45) is 0.269. The highest BCUT2D eigenvalue weighted by molar-refractivity contribution is 7.80. The zero-order valence-corrected chi connectivity index (χ0v) is 14.5. The first-order valence-corrected chi connectivity index (χ1v) is 8.59. The first-order valence-electron chi connectivity index (χ1n) is 6.84. The van der Waals surface area contributed by atoms with Crippen LogP contribution in [0.15, 0.2) is 23.4 Å². The second-order valence-electron chi connectivity index (χ2n) is 6.13. The fraction of sp³-hybridized carbons (Fsp3) is 0.429. The maximum absolute atomic E-state index is 12.6. The molecule has 1 aliphatic heterocycles. The highest BCUT2D eigenvalue weighted by Crippen LogP contribution is 2.37. The van der Waals surface area contributed by atoms with Crippen molar-refractivity contribution >= 4 is 39.3 Å². The maximum Gasteiger partial charge on any atom is 0.466 e. The number of oxime groups is 1. The Labute approximate surface area is 139 Å². The summed E-state index contributed by atoms with van der Waals surface area (Å²) in [5.74, 6) is -0.110. The molecule has 0 atom stereocenters. The van der Waals surface area contributed by atoms with Gasteiger partial charge in [-0.3, -0.25) is 9.35 Å². The summed E-state index contributed by atoms with van der Waals surface area (Å²) >= 11 is 6.23. The van der Waals surface area contributed by atoms with Gasteiger partial charge in [0.25, 0.3) is 0 Å². The van der Waals surface area contributed by atoms with Gasteiger partial charge < -0.3 is 4.90 Å². The van der Waals surface area contributed by atoms with Gasteiger partial charge in [0.05, 0.1) is 16.4 Å². The molecule has 1 aromatic carbocycles. The van der Waals surface area contributed by atoms with Crippen molar-refractivity contribution in [1.29, 1.82) is 0 Å². The van der Waals surface area contributed by atoms with Crippen molar-refractivity contribution < 1.29 is 22.0 Å². The summed E-state index contributed by atoms with van der Waals surface area (Å²) in [5, 5.41) is 3.82. The van der Waals surface area contributed by atoms with Gasteiger partial charge in [0.1, 0.15) is 0 Å². The van der Waals surface area contributed by atoms with Crippen molar-refractivity contribution in [1.82, 2.24) is 0 Å². The fourth-order valence-electron chi connectivity index (χ4n) is 2.28. The highest BCUT2D eigenvalue weighted by atomic mass is 35.5. The number of hydrogen-bond acceptors (Lipinski definition) is 5. The number of hydrogen-bond donors (Lipinski definition) is 1. The summed E-state index contributed by atoms with van der Waals surface area (Å²) in [7, 11) is -4.69. The van der Waals surface area contributed by atoms with E-state index in [2.05, 4.69) is 9.44 Å². The number of halogens is 1. The molecule has 9 heteroatoms. The zero-order valence-electron chi connectivity index (χ0n) is 12.9. The minimum atomic E-state index is -4.69. The molecule has 1 aliphatic rings. The Kier molecular flexibility index (Phi) is 4.70. The molecule has 0 aromatic heterocycles. The van der Waals surface area contributed by atoms with Crippen LogP contribution in [0.4, 0.5) is 5.69 Å². The minimum Gasteiger partial charge on any atom is -0.309 e. The number of fused-ring (bicyclic) bond motifs is 1. The molecule has 0 spiro atoms. The van der Waals surface area contributed by atoms with E-state index in [1.165, 1.54) is 0 Å². The number of carbonyl (C=O) groups excluding carboxylic acids is 1. The quantitative estimate of drug-likeness (QED) is 0.646. The molecular weight excluding hydrogens is 344 g/mol. The molecule has 7 nitrogen and oxygen atoms in total. The monoisotopic (exact) mass is 360 g/mol. The lowest BCUT2D eigenvalue weighted by Crippen LogP contribution is -2.44. The average molecular weight is 361 g/mol. The number of para-hydroxylation sites is 1. The van der Waals surface area contributed by atoms with Crippen LogP contribution in [0.5, 0.6) is 0 Å². The lowest BCUT2D eigenvalue weighted by atomic mass is 9.91. The van der Waals surface area contributed by atoms with Crippen LogP contribution in [0, 0.1) is 5.41 Å². The summed E-state index contributed by atoms with van der Waals surface area (Å²) < 4.78 is 34.1. The molecule has 1 aromatic rings. The molecule has 1 N–H and O–H groups in total. The second kappa shape index (κ2) is 6.10. The first kappa shape index (κ1) is 17.7. The van der Waals surface area contributed by atoms with Crippen LogP contribution in [0.3, 0.4) is 0 Å². The predicted molar refractivity (Wildman–Crippen MR) is 87.0 cm³/mol. The molecule has 0 bridgehead atoms. The van der Waals surface area contributed by atoms with Gasteiger partial charge >= 0.3 is 10.4 Å². The molecule has 0 saturated heterocycles. The van der Waals surface area contributed by atoms with E-state index in [-0.39, 0.29) is 24.6 Å². The van der Waals surface area contributed by atoms with Crippen LogP contribution in [-0.4, -0.2) is 31.1 Å². The van der Waals surface area contributed by atoms with Crippen molar-refractivity contribution in [3.63, 3.8) is 0 Å². The van der Waals surface area contributed by atoms with Crippen LogP contribution in [0.25, 0.3) is 0 Å². The fourth-order valence-corrected chi connectivity index (χ4v) is 2.74. The van der Waals surface area contributed by atoms with Crippen LogP contribution >= 0.6 is 11.6 Å². The molecule has 0 aliphatic carbocycles. The predicted octanol–water partition coefficient (Wildman–Crippen LogP) is 2.65. The number of amides is 1. The minimum absolute atomic E-state index is 0.110. The van der Waals surface area contributed by atoms with E-state index in [1.807, 2.05) is 0 Å². The van der Waals surface area contributed by atoms with Gasteiger partial charge in [-0.1, -0.05) is 49.7 Å². The van der Waals surface area contributed by atoms with Crippen molar-refractivity contribution in [3.05, 3.63) is 28.8 Å². The van der Waals surface area contributed by atoms with E-state index in [0.717, 1.165) is 0 Å². The van der Waals surface area contributed by atoms with E-state index < -0.39 is 15.8 Å². The third-order valence-corrected chi connectivity index (χ3v) is 3.84. The molecule has 0 radical (unpaired) electrons. The standard InChI is InChI=1S/C14H17ClN2O5S/c1-14(2,3)13(18)17-8-7-11(16-22-23(19,20)21)9-5-4-6-10(15)12(9)17/h4-6H,7-8H2,1-3H3,(H,19,20,21)/b16-11-. The first-order chi connectivity index (χ1) is 10.5. The van der Waals surface area contributed by atoms with Crippen molar-refractivity contribution in [2.45, 2.75) is 27.2 Å². The third-order valence-electron chi connectivity index (χ3n) is 3.27. The van der Waals surface area contributed by atoms with Crippen LogP contribution < -0.4 is 4.90 Å². The van der Waals surface area contributed by atoms with Gasteiger partial charge in [0.15, 0.2) is 0 Å². The topological polar surface area (TPSA) is 96.3 Å². The molecule has 2 rings (SSSR count). The lowest BCUT2D eigenvalue weighted by molar-refractivity contribution is -0.125. The molecule has 23 heavy (non-hydrogen) atoms. The summed E-state index contributed by atoms with van der Waals surface area (Å²) in [5.41, 5.74) is 0.636. The lowest BCUT2D eigenvalue weighted by Gasteiger charge is -2.34.